The molecule has 1 N–H and O–H groups in total. The third-order valence-electron chi connectivity index (χ3n) is 3.78. The van der Waals surface area contributed by atoms with Gasteiger partial charge in [0.05, 0.1) is 23.5 Å². The van der Waals surface area contributed by atoms with Crippen molar-refractivity contribution < 1.29 is 5.11 Å². The molecule has 1 atom stereocenters. The number of hydrogen-bond acceptors (Lipinski definition) is 3. The zero-order chi connectivity index (χ0) is 14.8. The second-order valence-corrected chi connectivity index (χ2v) is 5.13. The predicted octanol–water partition coefficient (Wildman–Crippen LogP) is 2.55. The molecule has 0 bridgehead atoms. The summed E-state index contributed by atoms with van der Waals surface area (Å²) in [6, 6.07) is 8.15. The maximum atomic E-state index is 10.4. The predicted molar refractivity (Wildman–Crippen MR) is 82.0 cm³/mol. The summed E-state index contributed by atoms with van der Waals surface area (Å²) >= 11 is 0. The summed E-state index contributed by atoms with van der Waals surface area (Å²) in [6.45, 7) is 5.73. The molecular formula is C16H20N4O. The van der Waals surface area contributed by atoms with Gasteiger partial charge < -0.3 is 5.11 Å². The van der Waals surface area contributed by atoms with Crippen LogP contribution in [0.15, 0.2) is 36.7 Å². The lowest BCUT2D eigenvalue weighted by atomic mass is 10.1. The van der Waals surface area contributed by atoms with Crippen LogP contribution in [-0.4, -0.2) is 24.7 Å². The topological polar surface area (TPSA) is 55.9 Å². The average Bonchev–Trinajstić information content (AvgIpc) is 3.12. The van der Waals surface area contributed by atoms with Gasteiger partial charge in [0.25, 0.3) is 0 Å². The lowest BCUT2D eigenvalue weighted by Gasteiger charge is -2.06. The molecule has 5 heteroatoms. The highest BCUT2D eigenvalue weighted by Gasteiger charge is 2.16. The number of aryl methyl sites for hydroxylation is 2. The number of aliphatic hydroxyl groups is 1. The van der Waals surface area contributed by atoms with E-state index in [-0.39, 0.29) is 0 Å². The van der Waals surface area contributed by atoms with E-state index in [4.69, 9.17) is 0 Å². The van der Waals surface area contributed by atoms with Crippen molar-refractivity contribution in [2.45, 2.75) is 39.5 Å². The van der Waals surface area contributed by atoms with Crippen molar-refractivity contribution in [1.82, 2.24) is 19.6 Å². The average molecular weight is 284 g/mol. The lowest BCUT2D eigenvalue weighted by molar-refractivity contribution is 0.177. The molecule has 0 radical (unpaired) electrons. The van der Waals surface area contributed by atoms with Gasteiger partial charge in [0, 0.05) is 36.7 Å². The van der Waals surface area contributed by atoms with Gasteiger partial charge in [-0.05, 0) is 19.9 Å². The molecule has 3 aromatic rings. The zero-order valence-corrected chi connectivity index (χ0v) is 12.4. The smallest absolute Gasteiger partial charge is 0.0876 e. The molecule has 0 aliphatic carbocycles. The Morgan fingerprint density at radius 3 is 2.71 bits per heavy atom. The van der Waals surface area contributed by atoms with E-state index in [9.17, 15) is 5.11 Å². The maximum absolute atomic E-state index is 10.4. The van der Waals surface area contributed by atoms with Gasteiger partial charge in [0.2, 0.25) is 0 Å². The number of rotatable bonds is 5. The van der Waals surface area contributed by atoms with Crippen molar-refractivity contribution in [3.8, 4) is 0 Å². The first-order valence-electron chi connectivity index (χ1n) is 7.37. The van der Waals surface area contributed by atoms with Crippen molar-refractivity contribution in [3.05, 3.63) is 47.9 Å². The van der Waals surface area contributed by atoms with Crippen LogP contribution in [0.3, 0.4) is 0 Å². The molecule has 1 aromatic carbocycles. The van der Waals surface area contributed by atoms with Crippen molar-refractivity contribution in [2.75, 3.05) is 0 Å². The molecule has 0 fully saturated rings. The van der Waals surface area contributed by atoms with E-state index in [0.29, 0.717) is 6.42 Å². The van der Waals surface area contributed by atoms with Crippen LogP contribution in [0.5, 0.6) is 0 Å². The van der Waals surface area contributed by atoms with E-state index in [1.807, 2.05) is 34.6 Å². The van der Waals surface area contributed by atoms with Crippen molar-refractivity contribution in [3.63, 3.8) is 0 Å². The van der Waals surface area contributed by atoms with Gasteiger partial charge in [-0.3, -0.25) is 9.36 Å². The Morgan fingerprint density at radius 2 is 2.00 bits per heavy atom. The minimum absolute atomic E-state index is 0.503. The van der Waals surface area contributed by atoms with Gasteiger partial charge in [-0.15, -0.1) is 0 Å². The number of nitrogens with zero attached hydrogens (tertiary/aromatic N) is 4. The minimum Gasteiger partial charge on any atom is -0.388 e. The third-order valence-corrected chi connectivity index (χ3v) is 3.78. The Morgan fingerprint density at radius 1 is 1.19 bits per heavy atom. The number of aromatic nitrogens is 4. The quantitative estimate of drug-likeness (QED) is 0.783. The Labute approximate surface area is 123 Å². The molecule has 0 saturated carbocycles. The monoisotopic (exact) mass is 284 g/mol. The first-order valence-corrected chi connectivity index (χ1v) is 7.37. The van der Waals surface area contributed by atoms with E-state index in [0.717, 1.165) is 35.2 Å². The standard InChI is InChI=1S/C16H20N4O/c1-3-19-11-12(10-17-19)16(21)9-14-13-7-5-6-8-15(13)20(4-2)18-14/h5-8,10-11,16,21H,3-4,9H2,1-2H3. The van der Waals surface area contributed by atoms with Crippen LogP contribution < -0.4 is 0 Å². The fourth-order valence-electron chi connectivity index (χ4n) is 2.61. The first kappa shape index (κ1) is 13.8. The molecule has 1 unspecified atom stereocenters. The largest absolute Gasteiger partial charge is 0.388 e. The molecule has 3 rings (SSSR count). The molecular weight excluding hydrogens is 264 g/mol. The van der Waals surface area contributed by atoms with E-state index in [2.05, 4.69) is 29.3 Å². The number of hydrogen-bond donors (Lipinski definition) is 1. The van der Waals surface area contributed by atoms with E-state index < -0.39 is 6.10 Å². The van der Waals surface area contributed by atoms with Crippen molar-refractivity contribution in [1.29, 1.82) is 0 Å². The SMILES string of the molecule is CCn1cc(C(O)Cc2nn(CC)c3ccccc23)cn1. The van der Waals surface area contributed by atoms with Gasteiger partial charge in [0.1, 0.15) is 0 Å². The van der Waals surface area contributed by atoms with Crippen LogP contribution in [0.25, 0.3) is 10.9 Å². The number of fused-ring (bicyclic) bond motifs is 1. The molecule has 2 aromatic heterocycles. The van der Waals surface area contributed by atoms with E-state index in [1.165, 1.54) is 0 Å². The number of aliphatic hydroxyl groups excluding tert-OH is 1. The second-order valence-electron chi connectivity index (χ2n) is 5.13. The Balaban J connectivity index is 1.90. The molecule has 0 amide bonds. The first-order chi connectivity index (χ1) is 10.2. The molecule has 0 saturated heterocycles. The van der Waals surface area contributed by atoms with Crippen LogP contribution in [0, 0.1) is 0 Å². The van der Waals surface area contributed by atoms with Crippen LogP contribution in [0.4, 0.5) is 0 Å². The van der Waals surface area contributed by atoms with Gasteiger partial charge in [-0.2, -0.15) is 10.2 Å². The molecule has 0 aliphatic heterocycles. The van der Waals surface area contributed by atoms with Crippen molar-refractivity contribution in [2.24, 2.45) is 0 Å². The van der Waals surface area contributed by atoms with Crippen LogP contribution in [0.1, 0.15) is 31.2 Å². The minimum atomic E-state index is -0.575. The highest BCUT2D eigenvalue weighted by atomic mass is 16.3. The Hall–Kier alpha value is -2.14. The third kappa shape index (κ3) is 2.56. The van der Waals surface area contributed by atoms with Gasteiger partial charge in [-0.25, -0.2) is 0 Å². The number of para-hydroxylation sites is 1. The fraction of sp³-hybridized carbons (Fsp3) is 0.375. The summed E-state index contributed by atoms with van der Waals surface area (Å²) in [6.07, 6.45) is 3.55. The van der Waals surface area contributed by atoms with E-state index in [1.54, 1.807) is 6.20 Å². The Bertz CT molecular complexity index is 744. The summed E-state index contributed by atoms with van der Waals surface area (Å²) in [5.41, 5.74) is 2.89. The Kier molecular flexibility index (Phi) is 3.75. The van der Waals surface area contributed by atoms with Crippen LogP contribution in [0.2, 0.25) is 0 Å². The normalized spacial score (nSPS) is 12.9. The summed E-state index contributed by atoms with van der Waals surface area (Å²) in [4.78, 5) is 0. The summed E-state index contributed by atoms with van der Waals surface area (Å²) in [5, 5.41) is 20.4. The highest BCUT2D eigenvalue weighted by Crippen LogP contribution is 2.24. The van der Waals surface area contributed by atoms with Gasteiger partial charge in [0.15, 0.2) is 0 Å². The molecule has 110 valence electrons. The fourth-order valence-corrected chi connectivity index (χ4v) is 2.61. The van der Waals surface area contributed by atoms with Crippen molar-refractivity contribution >= 4 is 10.9 Å². The summed E-state index contributed by atoms with van der Waals surface area (Å²) < 4.78 is 3.80. The van der Waals surface area contributed by atoms with E-state index >= 15 is 0 Å². The molecule has 2 heterocycles. The van der Waals surface area contributed by atoms with Crippen LogP contribution >= 0.6 is 0 Å². The molecule has 0 aliphatic rings. The van der Waals surface area contributed by atoms with Gasteiger partial charge >= 0.3 is 0 Å². The molecule has 0 spiro atoms. The lowest BCUT2D eigenvalue weighted by Crippen LogP contribution is -2.03. The summed E-state index contributed by atoms with van der Waals surface area (Å²) in [7, 11) is 0. The number of benzene rings is 1. The highest BCUT2D eigenvalue weighted by molar-refractivity contribution is 5.82. The van der Waals surface area contributed by atoms with Gasteiger partial charge in [-0.1, -0.05) is 18.2 Å². The molecule has 5 nitrogen and oxygen atoms in total. The van der Waals surface area contributed by atoms with Crippen LogP contribution in [-0.2, 0) is 19.5 Å². The molecule has 21 heavy (non-hydrogen) atoms. The maximum Gasteiger partial charge on any atom is 0.0876 e. The second kappa shape index (κ2) is 5.69. The zero-order valence-electron chi connectivity index (χ0n) is 12.4. The summed E-state index contributed by atoms with van der Waals surface area (Å²) in [5.74, 6) is 0.